The minimum Gasteiger partial charge on any atom is -0.497 e. The summed E-state index contributed by atoms with van der Waals surface area (Å²) in [7, 11) is 1.65. The molecule has 0 saturated heterocycles. The number of nitrogens with one attached hydrogen (secondary N) is 1. The zero-order valence-corrected chi connectivity index (χ0v) is 11.6. The molecule has 2 aromatic rings. The monoisotopic (exact) mass is 310 g/mol. The van der Waals surface area contributed by atoms with Crippen LogP contribution in [-0.4, -0.2) is 13.3 Å². The van der Waals surface area contributed by atoms with Gasteiger partial charge in [0.15, 0.2) is 0 Å². The molecule has 0 amide bonds. The van der Waals surface area contributed by atoms with Crippen LogP contribution in [0.4, 0.5) is 5.69 Å². The highest BCUT2D eigenvalue weighted by molar-refractivity contribution is 9.10. The molecule has 0 bridgehead atoms. The van der Waals surface area contributed by atoms with Crippen LogP contribution in [0.25, 0.3) is 0 Å². The molecule has 1 aromatic heterocycles. The van der Waals surface area contributed by atoms with Crippen molar-refractivity contribution in [1.29, 1.82) is 0 Å². The first-order valence-corrected chi connectivity index (χ1v) is 6.63. The van der Waals surface area contributed by atoms with E-state index in [1.807, 2.05) is 35.7 Å². The number of benzene rings is 1. The molecule has 0 aliphatic rings. The van der Waals surface area contributed by atoms with Crippen LogP contribution in [0.1, 0.15) is 4.88 Å². The number of rotatable bonds is 4. The molecule has 0 spiro atoms. The van der Waals surface area contributed by atoms with E-state index >= 15 is 0 Å². The van der Waals surface area contributed by atoms with Crippen LogP contribution in [0, 0.1) is 0 Å². The Bertz CT molecular complexity index is 507. The van der Waals surface area contributed by atoms with Gasteiger partial charge in [-0.3, -0.25) is 5.43 Å². The van der Waals surface area contributed by atoms with Crippen molar-refractivity contribution in [2.45, 2.75) is 0 Å². The number of nitrogens with zero attached hydrogens (tertiary/aromatic N) is 1. The first kappa shape index (κ1) is 12.1. The van der Waals surface area contributed by atoms with Crippen molar-refractivity contribution in [3.8, 4) is 5.75 Å². The highest BCUT2D eigenvalue weighted by Gasteiger charge is 1.96. The topological polar surface area (TPSA) is 33.6 Å². The van der Waals surface area contributed by atoms with Crippen LogP contribution in [0.2, 0.25) is 0 Å². The lowest BCUT2D eigenvalue weighted by molar-refractivity contribution is 0.415. The van der Waals surface area contributed by atoms with Crippen molar-refractivity contribution in [3.05, 3.63) is 45.1 Å². The number of hydrogen-bond donors (Lipinski definition) is 1. The van der Waals surface area contributed by atoms with Gasteiger partial charge in [-0.2, -0.15) is 5.10 Å². The summed E-state index contributed by atoms with van der Waals surface area (Å²) >= 11 is 5.08. The Kier molecular flexibility index (Phi) is 4.17. The summed E-state index contributed by atoms with van der Waals surface area (Å²) in [5.41, 5.74) is 3.89. The van der Waals surface area contributed by atoms with Crippen molar-refractivity contribution >= 4 is 39.2 Å². The molecule has 0 radical (unpaired) electrons. The van der Waals surface area contributed by atoms with E-state index in [4.69, 9.17) is 4.74 Å². The zero-order chi connectivity index (χ0) is 12.1. The summed E-state index contributed by atoms with van der Waals surface area (Å²) in [5.74, 6) is 0.834. The van der Waals surface area contributed by atoms with Crippen LogP contribution in [-0.2, 0) is 0 Å². The molecule has 1 N–H and O–H groups in total. The van der Waals surface area contributed by atoms with Gasteiger partial charge in [0.1, 0.15) is 5.75 Å². The molecular weight excluding hydrogens is 300 g/mol. The first-order chi connectivity index (χ1) is 8.29. The molecule has 0 aliphatic heterocycles. The Morgan fingerprint density at radius 1 is 1.29 bits per heavy atom. The largest absolute Gasteiger partial charge is 0.497 e. The molecule has 1 heterocycles. The Balaban J connectivity index is 1.97. The van der Waals surface area contributed by atoms with Crippen LogP contribution >= 0.6 is 27.3 Å². The summed E-state index contributed by atoms with van der Waals surface area (Å²) < 4.78 is 6.14. The zero-order valence-electron chi connectivity index (χ0n) is 9.18. The van der Waals surface area contributed by atoms with Gasteiger partial charge in [-0.05, 0) is 51.6 Å². The molecule has 17 heavy (non-hydrogen) atoms. The van der Waals surface area contributed by atoms with Gasteiger partial charge >= 0.3 is 0 Å². The van der Waals surface area contributed by atoms with Crippen molar-refractivity contribution in [1.82, 2.24) is 0 Å². The number of halogens is 1. The van der Waals surface area contributed by atoms with Crippen LogP contribution in [0.5, 0.6) is 5.75 Å². The fourth-order valence-electron chi connectivity index (χ4n) is 1.23. The standard InChI is InChI=1S/C12H11BrN2OS/c1-16-10-4-2-9(3-5-10)15-14-8-12-11(13)6-7-17-12/h2-8,15H,1H3. The second-order valence-electron chi connectivity index (χ2n) is 3.23. The van der Waals surface area contributed by atoms with Gasteiger partial charge in [0.2, 0.25) is 0 Å². The van der Waals surface area contributed by atoms with E-state index in [2.05, 4.69) is 26.5 Å². The smallest absolute Gasteiger partial charge is 0.119 e. The molecular formula is C12H11BrN2OS. The van der Waals surface area contributed by atoms with Crippen LogP contribution in [0.15, 0.2) is 45.3 Å². The Morgan fingerprint density at radius 2 is 2.06 bits per heavy atom. The van der Waals surface area contributed by atoms with Gasteiger partial charge < -0.3 is 4.74 Å². The molecule has 88 valence electrons. The summed E-state index contributed by atoms with van der Waals surface area (Å²) in [4.78, 5) is 1.09. The molecule has 0 saturated carbocycles. The van der Waals surface area contributed by atoms with Crippen molar-refractivity contribution < 1.29 is 4.74 Å². The SMILES string of the molecule is COc1ccc(NN=Cc2sccc2Br)cc1. The lowest BCUT2D eigenvalue weighted by Crippen LogP contribution is -1.90. The minimum absolute atomic E-state index is 0.834. The maximum absolute atomic E-state index is 5.08. The number of thiophene rings is 1. The van der Waals surface area contributed by atoms with Gasteiger partial charge in [-0.15, -0.1) is 11.3 Å². The highest BCUT2D eigenvalue weighted by Crippen LogP contribution is 2.20. The van der Waals surface area contributed by atoms with E-state index in [1.54, 1.807) is 24.7 Å². The molecule has 0 fully saturated rings. The maximum Gasteiger partial charge on any atom is 0.119 e. The molecule has 0 atom stereocenters. The molecule has 1 aromatic carbocycles. The minimum atomic E-state index is 0.834. The number of hydrogen-bond acceptors (Lipinski definition) is 4. The molecule has 5 heteroatoms. The average Bonchev–Trinajstić information content (AvgIpc) is 2.76. The summed E-state index contributed by atoms with van der Waals surface area (Å²) in [6.45, 7) is 0. The highest BCUT2D eigenvalue weighted by atomic mass is 79.9. The lowest BCUT2D eigenvalue weighted by atomic mass is 10.3. The molecule has 2 rings (SSSR count). The molecule has 3 nitrogen and oxygen atoms in total. The van der Waals surface area contributed by atoms with Crippen LogP contribution < -0.4 is 10.2 Å². The summed E-state index contributed by atoms with van der Waals surface area (Å²) in [5, 5.41) is 6.18. The second-order valence-corrected chi connectivity index (χ2v) is 5.03. The van der Waals surface area contributed by atoms with Crippen molar-refractivity contribution in [3.63, 3.8) is 0 Å². The lowest BCUT2D eigenvalue weighted by Gasteiger charge is -2.01. The van der Waals surface area contributed by atoms with Gasteiger partial charge in [0.05, 0.1) is 23.9 Å². The number of hydrazone groups is 1. The van der Waals surface area contributed by atoms with E-state index in [-0.39, 0.29) is 0 Å². The molecule has 0 unspecified atom stereocenters. The Hall–Kier alpha value is -1.33. The third kappa shape index (κ3) is 3.31. The van der Waals surface area contributed by atoms with Gasteiger partial charge in [-0.25, -0.2) is 0 Å². The second kappa shape index (κ2) is 5.84. The van der Waals surface area contributed by atoms with Crippen molar-refractivity contribution in [2.24, 2.45) is 5.10 Å². The molecule has 0 aliphatic carbocycles. The normalized spacial score (nSPS) is 10.7. The van der Waals surface area contributed by atoms with E-state index in [0.717, 1.165) is 20.8 Å². The van der Waals surface area contributed by atoms with Gasteiger partial charge in [0.25, 0.3) is 0 Å². The summed E-state index contributed by atoms with van der Waals surface area (Å²) in [6.07, 6.45) is 1.79. The van der Waals surface area contributed by atoms with E-state index < -0.39 is 0 Å². The number of ether oxygens (including phenoxy) is 1. The summed E-state index contributed by atoms with van der Waals surface area (Å²) in [6, 6.07) is 9.61. The third-order valence-electron chi connectivity index (χ3n) is 2.11. The van der Waals surface area contributed by atoms with E-state index in [9.17, 15) is 0 Å². The predicted molar refractivity (Wildman–Crippen MR) is 76.2 cm³/mol. The fraction of sp³-hybridized carbons (Fsp3) is 0.0833. The quantitative estimate of drug-likeness (QED) is 0.685. The Labute approximate surface area is 112 Å². The van der Waals surface area contributed by atoms with Gasteiger partial charge in [-0.1, -0.05) is 0 Å². The Morgan fingerprint density at radius 3 is 2.65 bits per heavy atom. The number of anilines is 1. The van der Waals surface area contributed by atoms with Gasteiger partial charge in [0, 0.05) is 4.47 Å². The maximum atomic E-state index is 5.08. The predicted octanol–water partition coefficient (Wildman–Crippen LogP) is 3.97. The number of methoxy groups -OCH3 is 1. The van der Waals surface area contributed by atoms with Crippen LogP contribution in [0.3, 0.4) is 0 Å². The first-order valence-electron chi connectivity index (χ1n) is 4.96. The average molecular weight is 311 g/mol. The fourth-order valence-corrected chi connectivity index (χ4v) is 2.56. The van der Waals surface area contributed by atoms with Crippen molar-refractivity contribution in [2.75, 3.05) is 12.5 Å². The third-order valence-corrected chi connectivity index (χ3v) is 3.92. The van der Waals surface area contributed by atoms with E-state index in [0.29, 0.717) is 0 Å². The van der Waals surface area contributed by atoms with E-state index in [1.165, 1.54) is 0 Å².